The fraction of sp³-hybridized carbons (Fsp3) is 0.438. The molecule has 1 amide bonds. The van der Waals surface area contributed by atoms with Crippen molar-refractivity contribution in [2.24, 2.45) is 5.92 Å². The third kappa shape index (κ3) is 4.72. The predicted molar refractivity (Wildman–Crippen MR) is 78.0 cm³/mol. The minimum absolute atomic E-state index is 0.0389. The van der Waals surface area contributed by atoms with Crippen LogP contribution in [-0.4, -0.2) is 19.6 Å². The summed E-state index contributed by atoms with van der Waals surface area (Å²) in [4.78, 5) is 11.8. The molecule has 6 heteroatoms. The van der Waals surface area contributed by atoms with Gasteiger partial charge < -0.3 is 14.8 Å². The fourth-order valence-corrected chi connectivity index (χ4v) is 2.40. The molecule has 0 heterocycles. The van der Waals surface area contributed by atoms with Crippen LogP contribution in [-0.2, 0) is 11.3 Å². The van der Waals surface area contributed by atoms with Crippen LogP contribution in [0.1, 0.15) is 24.8 Å². The second kappa shape index (κ2) is 7.77. The van der Waals surface area contributed by atoms with E-state index >= 15 is 0 Å². The minimum Gasteiger partial charge on any atom is -0.493 e. The zero-order valence-electron chi connectivity index (χ0n) is 12.4. The number of benzene rings is 1. The highest BCUT2D eigenvalue weighted by atomic mass is 19.3. The van der Waals surface area contributed by atoms with Crippen molar-refractivity contribution in [2.45, 2.75) is 32.4 Å². The Bertz CT molecular complexity index is 546. The standard InChI is InChI=1S/C16H19F2NO3/c1-21-13-7-6-12(8-14(13)22-16(17)18)10-19-15(20)9-11-4-2-3-5-11/h2,4,6-8,11,16H,3,5,9-10H2,1H3,(H,19,20). The number of alkyl halides is 2. The van der Waals surface area contributed by atoms with Gasteiger partial charge in [-0.25, -0.2) is 0 Å². The highest BCUT2D eigenvalue weighted by Crippen LogP contribution is 2.29. The molecule has 0 bridgehead atoms. The first-order valence-electron chi connectivity index (χ1n) is 7.13. The summed E-state index contributed by atoms with van der Waals surface area (Å²) in [5, 5.41) is 2.79. The Kier molecular flexibility index (Phi) is 5.75. The molecule has 4 nitrogen and oxygen atoms in total. The van der Waals surface area contributed by atoms with Crippen LogP contribution in [0, 0.1) is 5.92 Å². The number of nitrogens with one attached hydrogen (secondary N) is 1. The number of amides is 1. The summed E-state index contributed by atoms with van der Waals surface area (Å²) in [5.41, 5.74) is 0.673. The molecular weight excluding hydrogens is 292 g/mol. The Balaban J connectivity index is 1.91. The Morgan fingerprint density at radius 1 is 1.41 bits per heavy atom. The van der Waals surface area contributed by atoms with Gasteiger partial charge in [-0.2, -0.15) is 8.78 Å². The lowest BCUT2D eigenvalue weighted by Gasteiger charge is -2.12. The molecule has 0 saturated heterocycles. The molecule has 2 rings (SSSR count). The molecule has 0 saturated carbocycles. The Hall–Kier alpha value is -2.11. The van der Waals surface area contributed by atoms with Gasteiger partial charge in [0.05, 0.1) is 7.11 Å². The van der Waals surface area contributed by atoms with Crippen molar-refractivity contribution >= 4 is 5.91 Å². The molecule has 0 fully saturated rings. The van der Waals surface area contributed by atoms with E-state index in [2.05, 4.69) is 22.2 Å². The van der Waals surface area contributed by atoms with Gasteiger partial charge in [-0.3, -0.25) is 4.79 Å². The van der Waals surface area contributed by atoms with Gasteiger partial charge in [-0.05, 0) is 36.5 Å². The largest absolute Gasteiger partial charge is 0.493 e. The fourth-order valence-electron chi connectivity index (χ4n) is 2.40. The van der Waals surface area contributed by atoms with E-state index in [-0.39, 0.29) is 24.0 Å². The van der Waals surface area contributed by atoms with Crippen LogP contribution in [0.5, 0.6) is 11.5 Å². The number of allylic oxidation sites excluding steroid dienone is 2. The lowest BCUT2D eigenvalue weighted by Crippen LogP contribution is -2.24. The van der Waals surface area contributed by atoms with Gasteiger partial charge in [0.2, 0.25) is 5.91 Å². The first-order chi connectivity index (χ1) is 10.6. The van der Waals surface area contributed by atoms with Crippen molar-refractivity contribution in [3.8, 4) is 11.5 Å². The number of methoxy groups -OCH3 is 1. The highest BCUT2D eigenvalue weighted by Gasteiger charge is 2.15. The third-order valence-corrected chi connectivity index (χ3v) is 3.49. The quantitative estimate of drug-likeness (QED) is 0.786. The lowest BCUT2D eigenvalue weighted by atomic mass is 10.1. The van der Waals surface area contributed by atoms with Crippen molar-refractivity contribution in [2.75, 3.05) is 7.11 Å². The van der Waals surface area contributed by atoms with Crippen LogP contribution in [0.15, 0.2) is 30.4 Å². The molecule has 1 aliphatic carbocycles. The number of carbonyl (C=O) groups is 1. The molecule has 1 aromatic rings. The van der Waals surface area contributed by atoms with E-state index in [1.807, 2.05) is 0 Å². The van der Waals surface area contributed by atoms with Crippen LogP contribution in [0.3, 0.4) is 0 Å². The normalized spacial score (nSPS) is 16.8. The number of halogens is 2. The van der Waals surface area contributed by atoms with E-state index in [1.54, 1.807) is 12.1 Å². The van der Waals surface area contributed by atoms with Gasteiger partial charge in [0.15, 0.2) is 11.5 Å². The molecule has 120 valence electrons. The van der Waals surface area contributed by atoms with Crippen molar-refractivity contribution in [3.05, 3.63) is 35.9 Å². The van der Waals surface area contributed by atoms with Gasteiger partial charge in [0, 0.05) is 13.0 Å². The first-order valence-corrected chi connectivity index (χ1v) is 7.13. The Morgan fingerprint density at radius 2 is 2.23 bits per heavy atom. The number of ether oxygens (including phenoxy) is 2. The van der Waals surface area contributed by atoms with Crippen molar-refractivity contribution in [3.63, 3.8) is 0 Å². The minimum atomic E-state index is -2.92. The first kappa shape index (κ1) is 16.3. The van der Waals surface area contributed by atoms with Crippen LogP contribution in [0.2, 0.25) is 0 Å². The van der Waals surface area contributed by atoms with Gasteiger partial charge in [0.25, 0.3) is 0 Å². The topological polar surface area (TPSA) is 47.6 Å². The summed E-state index contributed by atoms with van der Waals surface area (Å²) in [6, 6.07) is 4.69. The maximum Gasteiger partial charge on any atom is 0.387 e. The maximum absolute atomic E-state index is 12.4. The molecule has 0 aromatic heterocycles. The van der Waals surface area contributed by atoms with Crippen LogP contribution in [0.4, 0.5) is 8.78 Å². The monoisotopic (exact) mass is 311 g/mol. The lowest BCUT2D eigenvalue weighted by molar-refractivity contribution is -0.121. The molecule has 1 unspecified atom stereocenters. The van der Waals surface area contributed by atoms with Crippen molar-refractivity contribution in [1.29, 1.82) is 0 Å². The van der Waals surface area contributed by atoms with Crippen LogP contribution < -0.4 is 14.8 Å². The number of hydrogen-bond acceptors (Lipinski definition) is 3. The molecule has 1 atom stereocenters. The summed E-state index contributed by atoms with van der Waals surface area (Å²) in [5.74, 6) is 0.437. The van der Waals surface area contributed by atoms with Crippen LogP contribution >= 0.6 is 0 Å². The average Bonchev–Trinajstić information content (AvgIpc) is 2.97. The molecule has 22 heavy (non-hydrogen) atoms. The predicted octanol–water partition coefficient (Wildman–Crippen LogP) is 3.27. The van der Waals surface area contributed by atoms with E-state index in [0.29, 0.717) is 17.9 Å². The summed E-state index contributed by atoms with van der Waals surface area (Å²) in [6.07, 6.45) is 6.61. The van der Waals surface area contributed by atoms with E-state index in [0.717, 1.165) is 12.8 Å². The summed E-state index contributed by atoms with van der Waals surface area (Å²) >= 11 is 0. The van der Waals surface area contributed by atoms with Gasteiger partial charge in [-0.1, -0.05) is 18.2 Å². The molecule has 1 aromatic carbocycles. The molecule has 0 radical (unpaired) electrons. The second-order valence-corrected chi connectivity index (χ2v) is 5.11. The molecule has 1 N–H and O–H groups in total. The van der Waals surface area contributed by atoms with Gasteiger partial charge in [0.1, 0.15) is 0 Å². The summed E-state index contributed by atoms with van der Waals surface area (Å²) in [7, 11) is 1.38. The second-order valence-electron chi connectivity index (χ2n) is 5.11. The van der Waals surface area contributed by atoms with Gasteiger partial charge >= 0.3 is 6.61 Å². The van der Waals surface area contributed by atoms with Crippen LogP contribution in [0.25, 0.3) is 0 Å². The average molecular weight is 311 g/mol. The van der Waals surface area contributed by atoms with E-state index in [4.69, 9.17) is 4.74 Å². The molecule has 0 aliphatic heterocycles. The smallest absolute Gasteiger partial charge is 0.387 e. The van der Waals surface area contributed by atoms with E-state index < -0.39 is 6.61 Å². The summed E-state index contributed by atoms with van der Waals surface area (Å²) < 4.78 is 34.1. The molecule has 1 aliphatic rings. The molecular formula is C16H19F2NO3. The van der Waals surface area contributed by atoms with Crippen molar-refractivity contribution in [1.82, 2.24) is 5.32 Å². The zero-order valence-corrected chi connectivity index (χ0v) is 12.4. The number of rotatable bonds is 7. The van der Waals surface area contributed by atoms with Gasteiger partial charge in [-0.15, -0.1) is 0 Å². The molecule has 0 spiro atoms. The zero-order chi connectivity index (χ0) is 15.9. The van der Waals surface area contributed by atoms with E-state index in [1.165, 1.54) is 13.2 Å². The Morgan fingerprint density at radius 3 is 2.86 bits per heavy atom. The third-order valence-electron chi connectivity index (χ3n) is 3.49. The Labute approximate surface area is 128 Å². The highest BCUT2D eigenvalue weighted by molar-refractivity contribution is 5.76. The maximum atomic E-state index is 12.4. The summed E-state index contributed by atoms with van der Waals surface area (Å²) in [6.45, 7) is -2.66. The number of hydrogen-bond donors (Lipinski definition) is 1. The van der Waals surface area contributed by atoms with Crippen molar-refractivity contribution < 1.29 is 23.0 Å². The van der Waals surface area contributed by atoms with E-state index in [9.17, 15) is 13.6 Å². The SMILES string of the molecule is COc1ccc(CNC(=O)CC2C=CCC2)cc1OC(F)F. The number of carbonyl (C=O) groups excluding carboxylic acids is 1.